The van der Waals surface area contributed by atoms with Gasteiger partial charge in [-0.25, -0.2) is 0 Å². The Hall–Kier alpha value is -2.12. The molecule has 0 fully saturated rings. The maximum atomic E-state index is 12.4. The van der Waals surface area contributed by atoms with Gasteiger partial charge in [-0.2, -0.15) is 13.2 Å². The van der Waals surface area contributed by atoms with Gasteiger partial charge in [-0.05, 0) is 26.0 Å². The minimum absolute atomic E-state index is 0.0193. The molecule has 0 unspecified atom stereocenters. The number of aromatic nitrogens is 1. The smallest absolute Gasteiger partial charge is 0.433 e. The fourth-order valence-electron chi connectivity index (χ4n) is 1.56. The van der Waals surface area contributed by atoms with Gasteiger partial charge < -0.3 is 9.64 Å². The first-order valence-corrected chi connectivity index (χ1v) is 6.27. The highest BCUT2D eigenvalue weighted by Gasteiger charge is 2.32. The molecular formula is C13H15F3N2O3. The Balaban J connectivity index is 2.83. The molecule has 5 nitrogen and oxygen atoms in total. The van der Waals surface area contributed by atoms with E-state index < -0.39 is 23.7 Å². The number of hydrogen-bond acceptors (Lipinski definition) is 4. The minimum atomic E-state index is -4.56. The van der Waals surface area contributed by atoms with Crippen molar-refractivity contribution in [2.45, 2.75) is 20.0 Å². The third kappa shape index (κ3) is 4.73. The summed E-state index contributed by atoms with van der Waals surface area (Å²) < 4.78 is 41.9. The Morgan fingerprint density at radius 2 is 1.95 bits per heavy atom. The Bertz CT molecular complexity index is 500. The van der Waals surface area contributed by atoms with Crippen LogP contribution in [0.25, 0.3) is 0 Å². The van der Waals surface area contributed by atoms with Crippen LogP contribution in [0.2, 0.25) is 0 Å². The zero-order chi connectivity index (χ0) is 16.0. The van der Waals surface area contributed by atoms with Crippen molar-refractivity contribution in [3.05, 3.63) is 29.6 Å². The first-order chi connectivity index (χ1) is 9.79. The third-order valence-corrected chi connectivity index (χ3v) is 2.60. The number of esters is 1. The van der Waals surface area contributed by atoms with E-state index in [1.165, 1.54) is 4.90 Å². The molecule has 1 aromatic rings. The van der Waals surface area contributed by atoms with Crippen LogP contribution in [0.15, 0.2) is 18.3 Å². The van der Waals surface area contributed by atoms with E-state index in [-0.39, 0.29) is 25.3 Å². The molecule has 0 aliphatic carbocycles. The molecule has 1 aromatic heterocycles. The molecule has 0 saturated carbocycles. The summed E-state index contributed by atoms with van der Waals surface area (Å²) in [5.41, 5.74) is -1.10. The second-order valence-corrected chi connectivity index (χ2v) is 4.05. The highest BCUT2D eigenvalue weighted by Crippen LogP contribution is 2.27. The van der Waals surface area contributed by atoms with Crippen molar-refractivity contribution in [3.8, 4) is 0 Å². The van der Waals surface area contributed by atoms with E-state index in [9.17, 15) is 22.8 Å². The number of rotatable bonds is 5. The molecule has 0 radical (unpaired) electrons. The number of carbonyl (C=O) groups excluding carboxylic acids is 2. The molecule has 0 N–H and O–H groups in total. The third-order valence-electron chi connectivity index (χ3n) is 2.60. The molecule has 0 saturated heterocycles. The molecule has 116 valence electrons. The summed E-state index contributed by atoms with van der Waals surface area (Å²) in [5.74, 6) is -1.15. The highest BCUT2D eigenvalue weighted by molar-refractivity contribution is 5.95. The van der Waals surface area contributed by atoms with Crippen molar-refractivity contribution >= 4 is 11.9 Å². The minimum Gasteiger partial charge on any atom is -0.465 e. The number of nitrogens with zero attached hydrogens (tertiary/aromatic N) is 2. The summed E-state index contributed by atoms with van der Waals surface area (Å²) in [4.78, 5) is 27.8. The summed E-state index contributed by atoms with van der Waals surface area (Å²) in [7, 11) is 0. The van der Waals surface area contributed by atoms with Gasteiger partial charge in [0.2, 0.25) is 0 Å². The van der Waals surface area contributed by atoms with Gasteiger partial charge >= 0.3 is 12.1 Å². The average Bonchev–Trinajstić information content (AvgIpc) is 2.43. The van der Waals surface area contributed by atoms with Crippen molar-refractivity contribution in [2.24, 2.45) is 0 Å². The van der Waals surface area contributed by atoms with Crippen LogP contribution < -0.4 is 0 Å². The molecule has 0 atom stereocenters. The fraction of sp³-hybridized carbons (Fsp3) is 0.462. The Labute approximate surface area is 119 Å². The van der Waals surface area contributed by atoms with Crippen molar-refractivity contribution < 1.29 is 27.5 Å². The van der Waals surface area contributed by atoms with Gasteiger partial charge in [0.05, 0.1) is 12.2 Å². The molecule has 0 spiro atoms. The number of pyridine rings is 1. The quantitative estimate of drug-likeness (QED) is 0.782. The van der Waals surface area contributed by atoms with Gasteiger partial charge in [-0.3, -0.25) is 14.6 Å². The molecule has 0 bridgehead atoms. The number of likely N-dealkylation sites (N-methyl/N-ethyl adjacent to an activating group) is 1. The van der Waals surface area contributed by atoms with Gasteiger partial charge in [-0.15, -0.1) is 0 Å². The van der Waals surface area contributed by atoms with E-state index in [0.717, 1.165) is 18.3 Å². The first kappa shape index (κ1) is 16.9. The highest BCUT2D eigenvalue weighted by atomic mass is 19.4. The molecule has 8 heteroatoms. The van der Waals surface area contributed by atoms with Crippen molar-refractivity contribution in [1.29, 1.82) is 0 Å². The van der Waals surface area contributed by atoms with Crippen LogP contribution in [0.5, 0.6) is 0 Å². The van der Waals surface area contributed by atoms with Crippen LogP contribution in [0.1, 0.15) is 29.9 Å². The van der Waals surface area contributed by atoms with E-state index in [4.69, 9.17) is 4.74 Å². The maximum absolute atomic E-state index is 12.4. The summed E-state index contributed by atoms with van der Waals surface area (Å²) in [5, 5.41) is 0. The lowest BCUT2D eigenvalue weighted by molar-refractivity contribution is -0.144. The molecule has 1 heterocycles. The number of hydrogen-bond donors (Lipinski definition) is 0. The average molecular weight is 304 g/mol. The topological polar surface area (TPSA) is 59.5 Å². The van der Waals surface area contributed by atoms with Gasteiger partial charge in [0.15, 0.2) is 0 Å². The van der Waals surface area contributed by atoms with Crippen LogP contribution in [0.4, 0.5) is 13.2 Å². The number of carbonyl (C=O) groups is 2. The molecule has 0 aliphatic rings. The van der Waals surface area contributed by atoms with Crippen molar-refractivity contribution in [3.63, 3.8) is 0 Å². The SMILES string of the molecule is CCOC(=O)CN(CC)C(=O)c1ccc(C(F)(F)F)nc1. The molecule has 21 heavy (non-hydrogen) atoms. The predicted octanol–water partition coefficient (Wildman–Crippen LogP) is 2.13. The Morgan fingerprint density at radius 1 is 1.29 bits per heavy atom. The number of alkyl halides is 3. The van der Waals surface area contributed by atoms with Crippen molar-refractivity contribution in [2.75, 3.05) is 19.7 Å². The monoisotopic (exact) mass is 304 g/mol. The number of ether oxygens (including phenoxy) is 1. The number of halogens is 3. The lowest BCUT2D eigenvalue weighted by Gasteiger charge is -2.19. The predicted molar refractivity (Wildman–Crippen MR) is 67.4 cm³/mol. The van der Waals surface area contributed by atoms with Crippen LogP contribution in [0.3, 0.4) is 0 Å². The molecular weight excluding hydrogens is 289 g/mol. The van der Waals surface area contributed by atoms with E-state index in [0.29, 0.717) is 0 Å². The zero-order valence-corrected chi connectivity index (χ0v) is 11.6. The molecule has 1 rings (SSSR count). The van der Waals surface area contributed by atoms with Crippen molar-refractivity contribution in [1.82, 2.24) is 9.88 Å². The first-order valence-electron chi connectivity index (χ1n) is 6.27. The van der Waals surface area contributed by atoms with E-state index in [1.54, 1.807) is 13.8 Å². The Kier molecular flexibility index (Phi) is 5.69. The molecule has 0 aromatic carbocycles. The molecule has 1 amide bonds. The van der Waals surface area contributed by atoms with Crippen LogP contribution in [-0.2, 0) is 15.7 Å². The van der Waals surface area contributed by atoms with E-state index in [2.05, 4.69) is 4.98 Å². The zero-order valence-electron chi connectivity index (χ0n) is 11.6. The van der Waals surface area contributed by atoms with Crippen LogP contribution in [0, 0.1) is 0 Å². The summed E-state index contributed by atoms with van der Waals surface area (Å²) in [6, 6.07) is 1.76. The van der Waals surface area contributed by atoms with Gasteiger partial charge in [0.25, 0.3) is 5.91 Å². The standard InChI is InChI=1S/C13H15F3N2O3/c1-3-18(8-11(19)21-4-2)12(20)9-5-6-10(17-7-9)13(14,15)16/h5-7H,3-4,8H2,1-2H3. The maximum Gasteiger partial charge on any atom is 0.433 e. The van der Waals surface area contributed by atoms with Crippen LogP contribution >= 0.6 is 0 Å². The van der Waals surface area contributed by atoms with Gasteiger partial charge in [-0.1, -0.05) is 0 Å². The van der Waals surface area contributed by atoms with Gasteiger partial charge in [0, 0.05) is 12.7 Å². The van der Waals surface area contributed by atoms with E-state index in [1.807, 2.05) is 0 Å². The number of amides is 1. The summed E-state index contributed by atoms with van der Waals surface area (Å²) >= 11 is 0. The van der Waals surface area contributed by atoms with Gasteiger partial charge in [0.1, 0.15) is 12.2 Å². The normalized spacial score (nSPS) is 11.1. The second kappa shape index (κ2) is 7.05. The summed E-state index contributed by atoms with van der Waals surface area (Å²) in [6.07, 6.45) is -3.71. The lowest BCUT2D eigenvalue weighted by atomic mass is 10.2. The fourth-order valence-corrected chi connectivity index (χ4v) is 1.56. The Morgan fingerprint density at radius 3 is 2.38 bits per heavy atom. The molecule has 0 aliphatic heterocycles. The van der Waals surface area contributed by atoms with E-state index >= 15 is 0 Å². The lowest BCUT2D eigenvalue weighted by Crippen LogP contribution is -2.36. The van der Waals surface area contributed by atoms with Crippen LogP contribution in [-0.4, -0.2) is 41.5 Å². The largest absolute Gasteiger partial charge is 0.465 e. The summed E-state index contributed by atoms with van der Waals surface area (Å²) in [6.45, 7) is 3.43. The second-order valence-electron chi connectivity index (χ2n) is 4.05.